The Hall–Kier alpha value is -0.0800. The van der Waals surface area contributed by atoms with Crippen molar-refractivity contribution in [3.8, 4) is 0 Å². The van der Waals surface area contributed by atoms with Gasteiger partial charge in [-0.3, -0.25) is 0 Å². The molecule has 0 aromatic heterocycles. The van der Waals surface area contributed by atoms with Gasteiger partial charge in [0.25, 0.3) is 0 Å². The van der Waals surface area contributed by atoms with Crippen LogP contribution in [0.4, 0.5) is 0 Å². The first-order chi connectivity index (χ1) is 7.22. The van der Waals surface area contributed by atoms with Gasteiger partial charge in [0.2, 0.25) is 0 Å². The summed E-state index contributed by atoms with van der Waals surface area (Å²) in [6.07, 6.45) is 5.33. The predicted octanol–water partition coefficient (Wildman–Crippen LogP) is 2.40. The summed E-state index contributed by atoms with van der Waals surface area (Å²) in [5, 5.41) is 7.11. The molecule has 2 N–H and O–H groups in total. The number of hydrogen-bond acceptors (Lipinski definition) is 2. The van der Waals surface area contributed by atoms with Crippen molar-refractivity contribution in [2.45, 2.75) is 52.5 Å². The van der Waals surface area contributed by atoms with Crippen LogP contribution in [-0.4, -0.2) is 25.7 Å². The maximum atomic E-state index is 3.69. The first kappa shape index (κ1) is 13.0. The molecule has 1 rings (SSSR count). The van der Waals surface area contributed by atoms with Crippen molar-refractivity contribution in [3.05, 3.63) is 0 Å². The molecule has 1 heterocycles. The molecule has 2 unspecified atom stereocenters. The van der Waals surface area contributed by atoms with Gasteiger partial charge in [-0.25, -0.2) is 0 Å². The normalized spacial score (nSPS) is 22.6. The second kappa shape index (κ2) is 7.24. The van der Waals surface area contributed by atoms with Gasteiger partial charge in [-0.2, -0.15) is 0 Å². The van der Waals surface area contributed by atoms with Crippen LogP contribution in [0.2, 0.25) is 0 Å². The van der Waals surface area contributed by atoms with E-state index in [9.17, 15) is 0 Å². The van der Waals surface area contributed by atoms with Crippen LogP contribution in [0.15, 0.2) is 0 Å². The van der Waals surface area contributed by atoms with E-state index in [0.717, 1.165) is 11.8 Å². The summed E-state index contributed by atoms with van der Waals surface area (Å²) >= 11 is 0. The lowest BCUT2D eigenvalue weighted by molar-refractivity contribution is 0.326. The molecule has 1 aliphatic heterocycles. The Bertz CT molecular complexity index is 153. The van der Waals surface area contributed by atoms with Crippen molar-refractivity contribution < 1.29 is 0 Å². The van der Waals surface area contributed by atoms with Gasteiger partial charge < -0.3 is 10.6 Å². The molecular formula is C13H28N2. The molecular weight excluding hydrogens is 184 g/mol. The quantitative estimate of drug-likeness (QED) is 0.706. The predicted molar refractivity (Wildman–Crippen MR) is 67.1 cm³/mol. The Labute approximate surface area is 95.2 Å². The second-order valence-corrected chi connectivity index (χ2v) is 5.25. The van der Waals surface area contributed by atoms with Gasteiger partial charge in [0.05, 0.1) is 0 Å². The Kier molecular flexibility index (Phi) is 6.26. The fourth-order valence-corrected chi connectivity index (χ4v) is 2.31. The summed E-state index contributed by atoms with van der Waals surface area (Å²) in [6.45, 7) is 10.6. The largest absolute Gasteiger partial charge is 0.317 e. The van der Waals surface area contributed by atoms with Crippen molar-refractivity contribution >= 4 is 0 Å². The third kappa shape index (κ3) is 5.53. The highest BCUT2D eigenvalue weighted by molar-refractivity contribution is 4.73. The number of hydrogen-bond donors (Lipinski definition) is 2. The van der Waals surface area contributed by atoms with E-state index >= 15 is 0 Å². The van der Waals surface area contributed by atoms with Gasteiger partial charge in [0.15, 0.2) is 0 Å². The monoisotopic (exact) mass is 212 g/mol. The highest BCUT2D eigenvalue weighted by Crippen LogP contribution is 2.12. The first-order valence-electron chi connectivity index (χ1n) is 6.66. The van der Waals surface area contributed by atoms with Gasteiger partial charge in [-0.15, -0.1) is 0 Å². The average molecular weight is 212 g/mol. The lowest BCUT2D eigenvalue weighted by Crippen LogP contribution is -2.37. The zero-order valence-corrected chi connectivity index (χ0v) is 10.7. The molecule has 0 amide bonds. The molecule has 1 saturated heterocycles. The van der Waals surface area contributed by atoms with Crippen molar-refractivity contribution in [3.63, 3.8) is 0 Å². The maximum Gasteiger partial charge on any atom is 0.00413 e. The topological polar surface area (TPSA) is 24.1 Å². The van der Waals surface area contributed by atoms with Crippen molar-refractivity contribution in [2.75, 3.05) is 19.6 Å². The summed E-state index contributed by atoms with van der Waals surface area (Å²) in [7, 11) is 0. The zero-order chi connectivity index (χ0) is 11.1. The molecule has 90 valence electrons. The molecule has 2 nitrogen and oxygen atoms in total. The number of rotatable bonds is 6. The molecule has 2 heteroatoms. The van der Waals surface area contributed by atoms with Gasteiger partial charge in [-0.1, -0.05) is 20.3 Å². The summed E-state index contributed by atoms with van der Waals surface area (Å²) in [6, 6.07) is 0.690. The number of nitrogens with one attached hydrogen (secondary N) is 2. The highest BCUT2D eigenvalue weighted by atomic mass is 14.9. The lowest BCUT2D eigenvalue weighted by Gasteiger charge is -2.25. The molecule has 0 radical (unpaired) electrons. The lowest BCUT2D eigenvalue weighted by atomic mass is 9.96. The minimum Gasteiger partial charge on any atom is -0.317 e. The summed E-state index contributed by atoms with van der Waals surface area (Å²) in [5.74, 6) is 1.77. The fourth-order valence-electron chi connectivity index (χ4n) is 2.31. The minimum absolute atomic E-state index is 0.690. The molecule has 0 aromatic rings. The molecule has 0 bridgehead atoms. The van der Waals surface area contributed by atoms with Crippen molar-refractivity contribution in [1.29, 1.82) is 0 Å². The maximum absolute atomic E-state index is 3.69. The van der Waals surface area contributed by atoms with E-state index in [4.69, 9.17) is 0 Å². The highest BCUT2D eigenvalue weighted by Gasteiger charge is 2.14. The van der Waals surface area contributed by atoms with Crippen molar-refractivity contribution in [1.82, 2.24) is 10.6 Å². The second-order valence-electron chi connectivity index (χ2n) is 5.25. The Morgan fingerprint density at radius 2 is 1.93 bits per heavy atom. The standard InChI is InChI=1S/C13H28N2/c1-4-11(2)9-12(3)15-10-13-5-7-14-8-6-13/h11-15H,4-10H2,1-3H3. The molecule has 0 aliphatic carbocycles. The molecule has 0 saturated carbocycles. The molecule has 15 heavy (non-hydrogen) atoms. The van der Waals surface area contributed by atoms with Crippen LogP contribution in [0.1, 0.15) is 46.5 Å². The molecule has 2 atom stereocenters. The van der Waals surface area contributed by atoms with Crippen molar-refractivity contribution in [2.24, 2.45) is 11.8 Å². The minimum atomic E-state index is 0.690. The van der Waals surface area contributed by atoms with Crippen LogP contribution in [0.3, 0.4) is 0 Å². The fraction of sp³-hybridized carbons (Fsp3) is 1.00. The molecule has 1 fully saturated rings. The van der Waals surface area contributed by atoms with Gasteiger partial charge in [0.1, 0.15) is 0 Å². The third-order valence-electron chi connectivity index (χ3n) is 3.67. The molecule has 1 aliphatic rings. The zero-order valence-electron chi connectivity index (χ0n) is 10.7. The van der Waals surface area contributed by atoms with Gasteiger partial charge >= 0.3 is 0 Å². The summed E-state index contributed by atoms with van der Waals surface area (Å²) in [4.78, 5) is 0. The van der Waals surface area contributed by atoms with Crippen LogP contribution >= 0.6 is 0 Å². The van der Waals surface area contributed by atoms with E-state index in [1.807, 2.05) is 0 Å². The number of piperidine rings is 1. The summed E-state index contributed by atoms with van der Waals surface area (Å²) in [5.41, 5.74) is 0. The Morgan fingerprint density at radius 3 is 2.53 bits per heavy atom. The molecule has 0 spiro atoms. The van der Waals surface area contributed by atoms with Gasteiger partial charge in [0, 0.05) is 6.04 Å². The summed E-state index contributed by atoms with van der Waals surface area (Å²) < 4.78 is 0. The van der Waals surface area contributed by atoms with Crippen LogP contribution in [0.5, 0.6) is 0 Å². The SMILES string of the molecule is CCC(C)CC(C)NCC1CCNCC1. The van der Waals surface area contributed by atoms with E-state index in [1.165, 1.54) is 45.3 Å². The Balaban J connectivity index is 2.07. The van der Waals surface area contributed by atoms with E-state index in [-0.39, 0.29) is 0 Å². The van der Waals surface area contributed by atoms with E-state index in [1.54, 1.807) is 0 Å². The van der Waals surface area contributed by atoms with Crippen LogP contribution < -0.4 is 10.6 Å². The Morgan fingerprint density at radius 1 is 1.27 bits per heavy atom. The van der Waals surface area contributed by atoms with Gasteiger partial charge in [-0.05, 0) is 57.7 Å². The third-order valence-corrected chi connectivity index (χ3v) is 3.67. The van der Waals surface area contributed by atoms with Crippen LogP contribution in [0.25, 0.3) is 0 Å². The van der Waals surface area contributed by atoms with E-state index in [2.05, 4.69) is 31.4 Å². The first-order valence-corrected chi connectivity index (χ1v) is 6.66. The molecule has 0 aromatic carbocycles. The van der Waals surface area contributed by atoms with E-state index < -0.39 is 0 Å². The average Bonchev–Trinajstić information content (AvgIpc) is 2.27. The van der Waals surface area contributed by atoms with Crippen LogP contribution in [-0.2, 0) is 0 Å². The van der Waals surface area contributed by atoms with E-state index in [0.29, 0.717) is 6.04 Å². The smallest absolute Gasteiger partial charge is 0.00413 e. The van der Waals surface area contributed by atoms with Crippen LogP contribution in [0, 0.1) is 11.8 Å².